The highest BCUT2D eigenvalue weighted by Gasteiger charge is 2.74. The molecule has 1 aromatic rings. The summed E-state index contributed by atoms with van der Waals surface area (Å²) in [7, 11) is 0. The standard InChI is InChI=1S/C23H31N3O5/c1-13(2)25-21(29)19-23-10-9-16(31-23)17(18(23)22(30)26(19)14(3)12-27)20(28)24-11-15-7-5-4-6-8-15/h4-8,13-14,16-19,27H,9-12H2,1-3H3,(H,24,28)(H,25,29)/t14-,16+,17-,18+,19?,23?/m1/s1. The minimum absolute atomic E-state index is 0.104. The molecular weight excluding hydrogens is 398 g/mol. The zero-order chi connectivity index (χ0) is 22.3. The monoisotopic (exact) mass is 429 g/mol. The largest absolute Gasteiger partial charge is 0.394 e. The second-order valence-electron chi connectivity index (χ2n) is 9.20. The van der Waals surface area contributed by atoms with E-state index in [2.05, 4.69) is 10.6 Å². The van der Waals surface area contributed by atoms with Crippen LogP contribution in [0.4, 0.5) is 0 Å². The lowest BCUT2D eigenvalue weighted by atomic mass is 9.70. The number of rotatable bonds is 7. The Kier molecular flexibility index (Phi) is 5.79. The third-order valence-corrected chi connectivity index (χ3v) is 6.77. The predicted molar refractivity (Wildman–Crippen MR) is 113 cm³/mol. The highest BCUT2D eigenvalue weighted by atomic mass is 16.5. The van der Waals surface area contributed by atoms with E-state index in [0.717, 1.165) is 5.56 Å². The second-order valence-corrected chi connectivity index (χ2v) is 9.20. The maximum absolute atomic E-state index is 13.5. The fourth-order valence-corrected chi connectivity index (χ4v) is 5.52. The summed E-state index contributed by atoms with van der Waals surface area (Å²) in [6.45, 7) is 5.52. The van der Waals surface area contributed by atoms with Crippen molar-refractivity contribution in [3.05, 3.63) is 35.9 Å². The summed E-state index contributed by atoms with van der Waals surface area (Å²) in [6.07, 6.45) is 0.784. The van der Waals surface area contributed by atoms with E-state index in [1.807, 2.05) is 44.2 Å². The molecule has 1 aromatic carbocycles. The van der Waals surface area contributed by atoms with Gasteiger partial charge in [-0.05, 0) is 39.2 Å². The van der Waals surface area contributed by atoms with Gasteiger partial charge in [0.1, 0.15) is 11.6 Å². The fourth-order valence-electron chi connectivity index (χ4n) is 5.52. The Bertz CT molecular complexity index is 860. The van der Waals surface area contributed by atoms with E-state index in [1.54, 1.807) is 6.92 Å². The molecule has 3 amide bonds. The molecule has 3 N–H and O–H groups in total. The number of fused-ring (bicyclic) bond motifs is 1. The molecule has 8 heteroatoms. The molecule has 3 aliphatic heterocycles. The van der Waals surface area contributed by atoms with Crippen LogP contribution in [0.25, 0.3) is 0 Å². The number of likely N-dealkylation sites (tertiary alicyclic amines) is 1. The van der Waals surface area contributed by atoms with Crippen LogP contribution in [0.3, 0.4) is 0 Å². The van der Waals surface area contributed by atoms with E-state index in [0.29, 0.717) is 19.4 Å². The predicted octanol–water partition coefficient (Wildman–Crippen LogP) is 0.583. The molecule has 2 bridgehead atoms. The van der Waals surface area contributed by atoms with Gasteiger partial charge in [-0.2, -0.15) is 0 Å². The summed E-state index contributed by atoms with van der Waals surface area (Å²) >= 11 is 0. The molecule has 31 heavy (non-hydrogen) atoms. The molecule has 0 aliphatic carbocycles. The van der Waals surface area contributed by atoms with Gasteiger partial charge in [-0.3, -0.25) is 14.4 Å². The van der Waals surface area contributed by atoms with E-state index in [9.17, 15) is 19.5 Å². The first-order valence-corrected chi connectivity index (χ1v) is 11.0. The van der Waals surface area contributed by atoms with Gasteiger partial charge in [0.15, 0.2) is 0 Å². The molecular formula is C23H31N3O5. The van der Waals surface area contributed by atoms with Crippen molar-refractivity contribution in [3.8, 4) is 0 Å². The summed E-state index contributed by atoms with van der Waals surface area (Å²) in [5.74, 6) is -2.17. The van der Waals surface area contributed by atoms with Crippen molar-refractivity contribution >= 4 is 17.7 Å². The number of amides is 3. The Hall–Kier alpha value is -2.45. The SMILES string of the molecule is CC(C)NC(=O)C1N([C@H](C)CO)C(=O)[C@@H]2[C@H](C(=O)NCc3ccccc3)[C@@H]3CCC12O3. The first kappa shape index (κ1) is 21.8. The molecule has 3 fully saturated rings. The lowest BCUT2D eigenvalue weighted by Crippen LogP contribution is -2.58. The Balaban J connectivity index is 1.62. The lowest BCUT2D eigenvalue weighted by molar-refractivity contribution is -0.145. The van der Waals surface area contributed by atoms with Gasteiger partial charge in [-0.1, -0.05) is 30.3 Å². The number of carbonyl (C=O) groups excluding carboxylic acids is 3. The minimum Gasteiger partial charge on any atom is -0.394 e. The van der Waals surface area contributed by atoms with Gasteiger partial charge in [-0.25, -0.2) is 0 Å². The van der Waals surface area contributed by atoms with Crippen molar-refractivity contribution in [2.24, 2.45) is 11.8 Å². The number of carbonyl (C=O) groups is 3. The summed E-state index contributed by atoms with van der Waals surface area (Å²) in [5, 5.41) is 15.6. The molecule has 0 aromatic heterocycles. The van der Waals surface area contributed by atoms with Gasteiger partial charge >= 0.3 is 0 Å². The van der Waals surface area contributed by atoms with Crippen molar-refractivity contribution in [2.45, 2.75) is 70.0 Å². The molecule has 0 saturated carbocycles. The third-order valence-electron chi connectivity index (χ3n) is 6.77. The number of benzene rings is 1. The van der Waals surface area contributed by atoms with E-state index < -0.39 is 29.5 Å². The van der Waals surface area contributed by atoms with Crippen LogP contribution in [-0.4, -0.2) is 64.2 Å². The molecule has 1 spiro atoms. The number of aliphatic hydroxyl groups is 1. The number of ether oxygens (including phenoxy) is 1. The molecule has 2 unspecified atom stereocenters. The van der Waals surface area contributed by atoms with Crippen molar-refractivity contribution in [1.29, 1.82) is 0 Å². The molecule has 168 valence electrons. The molecule has 3 saturated heterocycles. The first-order chi connectivity index (χ1) is 14.8. The number of nitrogens with zero attached hydrogens (tertiary/aromatic N) is 1. The summed E-state index contributed by atoms with van der Waals surface area (Å²) < 4.78 is 6.31. The van der Waals surface area contributed by atoms with Gasteiger partial charge in [0, 0.05) is 12.6 Å². The summed E-state index contributed by atoms with van der Waals surface area (Å²) in [4.78, 5) is 41.3. The normalized spacial score (nSPS) is 32.3. The van der Waals surface area contributed by atoms with Gasteiger partial charge in [0.25, 0.3) is 0 Å². The van der Waals surface area contributed by atoms with Gasteiger partial charge in [0.05, 0.1) is 30.6 Å². The van der Waals surface area contributed by atoms with Gasteiger partial charge in [0.2, 0.25) is 17.7 Å². The minimum atomic E-state index is -1.03. The van der Waals surface area contributed by atoms with Crippen LogP contribution in [0.5, 0.6) is 0 Å². The van der Waals surface area contributed by atoms with Crippen molar-refractivity contribution in [1.82, 2.24) is 15.5 Å². The zero-order valence-corrected chi connectivity index (χ0v) is 18.2. The van der Waals surface area contributed by atoms with E-state index in [1.165, 1.54) is 4.90 Å². The maximum Gasteiger partial charge on any atom is 0.246 e. The number of hydrogen-bond acceptors (Lipinski definition) is 5. The van der Waals surface area contributed by atoms with Crippen LogP contribution in [0, 0.1) is 11.8 Å². The van der Waals surface area contributed by atoms with Gasteiger partial charge < -0.3 is 25.4 Å². The number of aliphatic hydroxyl groups excluding tert-OH is 1. The number of hydrogen-bond donors (Lipinski definition) is 3. The van der Waals surface area contributed by atoms with Crippen molar-refractivity contribution in [3.63, 3.8) is 0 Å². The lowest BCUT2D eigenvalue weighted by Gasteiger charge is -2.35. The highest BCUT2D eigenvalue weighted by molar-refractivity contribution is 5.99. The molecule has 8 nitrogen and oxygen atoms in total. The maximum atomic E-state index is 13.5. The quantitative estimate of drug-likeness (QED) is 0.588. The van der Waals surface area contributed by atoms with Crippen molar-refractivity contribution < 1.29 is 24.2 Å². The van der Waals surface area contributed by atoms with Crippen LogP contribution >= 0.6 is 0 Å². The zero-order valence-electron chi connectivity index (χ0n) is 18.2. The van der Waals surface area contributed by atoms with Crippen LogP contribution in [-0.2, 0) is 25.7 Å². The fraction of sp³-hybridized carbons (Fsp3) is 0.609. The topological polar surface area (TPSA) is 108 Å². The van der Waals surface area contributed by atoms with E-state index in [4.69, 9.17) is 4.74 Å². The Morgan fingerprint density at radius 1 is 1.23 bits per heavy atom. The van der Waals surface area contributed by atoms with Crippen LogP contribution in [0.2, 0.25) is 0 Å². The average Bonchev–Trinajstić information content (AvgIpc) is 3.39. The second kappa shape index (κ2) is 8.24. The smallest absolute Gasteiger partial charge is 0.246 e. The molecule has 4 rings (SSSR count). The molecule has 3 aliphatic rings. The van der Waals surface area contributed by atoms with Crippen LogP contribution in [0.15, 0.2) is 30.3 Å². The summed E-state index contributed by atoms with van der Waals surface area (Å²) in [6, 6.07) is 8.07. The Morgan fingerprint density at radius 2 is 1.94 bits per heavy atom. The van der Waals surface area contributed by atoms with Crippen LogP contribution < -0.4 is 10.6 Å². The average molecular weight is 430 g/mol. The highest BCUT2D eigenvalue weighted by Crippen LogP contribution is 2.58. The Labute approximate surface area is 182 Å². The van der Waals surface area contributed by atoms with Crippen LogP contribution in [0.1, 0.15) is 39.2 Å². The van der Waals surface area contributed by atoms with E-state index in [-0.39, 0.29) is 36.5 Å². The third kappa shape index (κ3) is 3.51. The molecule has 6 atom stereocenters. The first-order valence-electron chi connectivity index (χ1n) is 11.0. The van der Waals surface area contributed by atoms with Gasteiger partial charge in [-0.15, -0.1) is 0 Å². The van der Waals surface area contributed by atoms with Crippen molar-refractivity contribution in [2.75, 3.05) is 6.61 Å². The van der Waals surface area contributed by atoms with E-state index >= 15 is 0 Å². The summed E-state index contributed by atoms with van der Waals surface area (Å²) in [5.41, 5.74) is -0.0593. The molecule has 3 heterocycles. The molecule has 0 radical (unpaired) electrons. The Morgan fingerprint density at radius 3 is 2.58 bits per heavy atom. The number of nitrogens with one attached hydrogen (secondary N) is 2.